The van der Waals surface area contributed by atoms with E-state index >= 15 is 0 Å². The molecule has 5 nitrogen and oxygen atoms in total. The third-order valence-electron chi connectivity index (χ3n) is 3.89. The van der Waals surface area contributed by atoms with Gasteiger partial charge in [-0.05, 0) is 37.1 Å². The summed E-state index contributed by atoms with van der Waals surface area (Å²) < 4.78 is 49.6. The lowest BCUT2D eigenvalue weighted by Gasteiger charge is -2.29. The van der Waals surface area contributed by atoms with Crippen molar-refractivity contribution in [2.75, 3.05) is 18.6 Å². The molecule has 0 saturated heterocycles. The van der Waals surface area contributed by atoms with Crippen LogP contribution in [0.25, 0.3) is 0 Å². The molecule has 1 aliphatic heterocycles. The molecule has 1 amide bonds. The van der Waals surface area contributed by atoms with Gasteiger partial charge in [-0.15, -0.1) is 0 Å². The molecule has 132 valence electrons. The van der Waals surface area contributed by atoms with Crippen molar-refractivity contribution in [3.05, 3.63) is 47.7 Å². The van der Waals surface area contributed by atoms with E-state index in [1.807, 2.05) is 0 Å². The van der Waals surface area contributed by atoms with Gasteiger partial charge >= 0.3 is 12.3 Å². The summed E-state index contributed by atoms with van der Waals surface area (Å²) in [7, 11) is 1.28. The number of carbonyl (C=O) groups is 1. The molecule has 0 saturated carbocycles. The third kappa shape index (κ3) is 3.38. The summed E-state index contributed by atoms with van der Waals surface area (Å²) in [6.45, 7) is 0.473. The molecule has 0 aliphatic carbocycles. The largest absolute Gasteiger partial charge is 0.452 e. The fourth-order valence-electron chi connectivity index (χ4n) is 2.78. The van der Waals surface area contributed by atoms with E-state index in [2.05, 4.69) is 4.98 Å². The van der Waals surface area contributed by atoms with Crippen LogP contribution in [0, 0.1) is 0 Å². The van der Waals surface area contributed by atoms with Crippen LogP contribution < -0.4 is 9.64 Å². The standard InChI is InChI=1S/C17H15F3N2O3/c1-24-16(23)22-10-4-5-11-13(22)7-2-8-14(11)25-15-12(17(18,19)20)6-3-9-21-15/h2-3,6-9H,4-5,10H2,1H3. The summed E-state index contributed by atoms with van der Waals surface area (Å²) >= 11 is 0. The Bertz CT molecular complexity index is 793. The number of hydrogen-bond acceptors (Lipinski definition) is 4. The molecule has 0 spiro atoms. The number of ether oxygens (including phenoxy) is 2. The Morgan fingerprint density at radius 2 is 2.04 bits per heavy atom. The quantitative estimate of drug-likeness (QED) is 0.803. The Morgan fingerprint density at radius 1 is 1.24 bits per heavy atom. The monoisotopic (exact) mass is 352 g/mol. The first kappa shape index (κ1) is 17.1. The molecular weight excluding hydrogens is 337 g/mol. The van der Waals surface area contributed by atoms with E-state index in [4.69, 9.17) is 9.47 Å². The number of amides is 1. The Labute approximate surface area is 142 Å². The first-order valence-corrected chi connectivity index (χ1v) is 7.59. The van der Waals surface area contributed by atoms with Crippen molar-refractivity contribution in [1.29, 1.82) is 0 Å². The van der Waals surface area contributed by atoms with Gasteiger partial charge in [-0.25, -0.2) is 9.78 Å². The number of alkyl halides is 3. The van der Waals surface area contributed by atoms with Crippen molar-refractivity contribution in [1.82, 2.24) is 4.98 Å². The topological polar surface area (TPSA) is 51.7 Å². The molecule has 0 radical (unpaired) electrons. The van der Waals surface area contributed by atoms with E-state index in [0.29, 0.717) is 30.6 Å². The smallest absolute Gasteiger partial charge is 0.421 e. The average Bonchev–Trinajstić information content (AvgIpc) is 2.60. The zero-order chi connectivity index (χ0) is 18.0. The molecule has 0 atom stereocenters. The first-order chi connectivity index (χ1) is 11.9. The number of methoxy groups -OCH3 is 1. The van der Waals surface area contributed by atoms with Crippen LogP contribution in [-0.4, -0.2) is 24.7 Å². The zero-order valence-corrected chi connectivity index (χ0v) is 13.3. The summed E-state index contributed by atoms with van der Waals surface area (Å²) in [6.07, 6.45) is -2.63. The van der Waals surface area contributed by atoms with Gasteiger partial charge in [0.1, 0.15) is 11.3 Å². The Morgan fingerprint density at radius 3 is 2.76 bits per heavy atom. The van der Waals surface area contributed by atoms with Crippen LogP contribution >= 0.6 is 0 Å². The van der Waals surface area contributed by atoms with Gasteiger partial charge in [-0.3, -0.25) is 4.90 Å². The van der Waals surface area contributed by atoms with Crippen molar-refractivity contribution in [2.45, 2.75) is 19.0 Å². The fourth-order valence-corrected chi connectivity index (χ4v) is 2.78. The minimum absolute atomic E-state index is 0.246. The second-order valence-electron chi connectivity index (χ2n) is 5.43. The zero-order valence-electron chi connectivity index (χ0n) is 13.3. The number of aromatic nitrogens is 1. The maximum Gasteiger partial charge on any atom is 0.421 e. The van der Waals surface area contributed by atoms with E-state index in [-0.39, 0.29) is 5.75 Å². The third-order valence-corrected chi connectivity index (χ3v) is 3.89. The number of fused-ring (bicyclic) bond motifs is 1. The first-order valence-electron chi connectivity index (χ1n) is 7.59. The number of carbonyl (C=O) groups excluding carboxylic acids is 1. The van der Waals surface area contributed by atoms with E-state index < -0.39 is 23.7 Å². The fraction of sp³-hybridized carbons (Fsp3) is 0.294. The molecule has 2 heterocycles. The van der Waals surface area contributed by atoms with Crippen LogP contribution in [0.1, 0.15) is 17.5 Å². The lowest BCUT2D eigenvalue weighted by molar-refractivity contribution is -0.138. The van der Waals surface area contributed by atoms with Gasteiger partial charge in [-0.1, -0.05) is 6.07 Å². The van der Waals surface area contributed by atoms with Crippen LogP contribution in [0.4, 0.5) is 23.7 Å². The van der Waals surface area contributed by atoms with E-state index in [9.17, 15) is 18.0 Å². The Kier molecular flexibility index (Phi) is 4.52. The number of halogens is 3. The highest BCUT2D eigenvalue weighted by Gasteiger charge is 2.35. The predicted octanol–water partition coefficient (Wildman–Crippen LogP) is 4.41. The SMILES string of the molecule is COC(=O)N1CCCc2c(Oc3ncccc3C(F)(F)F)cccc21. The van der Waals surface area contributed by atoms with Crippen molar-refractivity contribution in [2.24, 2.45) is 0 Å². The summed E-state index contributed by atoms with van der Waals surface area (Å²) in [5, 5.41) is 0. The highest BCUT2D eigenvalue weighted by atomic mass is 19.4. The number of pyridine rings is 1. The second-order valence-corrected chi connectivity index (χ2v) is 5.43. The highest BCUT2D eigenvalue weighted by Crippen LogP contribution is 2.40. The van der Waals surface area contributed by atoms with Crippen molar-refractivity contribution < 1.29 is 27.4 Å². The van der Waals surface area contributed by atoms with Crippen LogP contribution in [-0.2, 0) is 17.3 Å². The van der Waals surface area contributed by atoms with Gasteiger partial charge in [0.2, 0.25) is 5.88 Å². The van der Waals surface area contributed by atoms with Gasteiger partial charge in [0.15, 0.2) is 0 Å². The minimum atomic E-state index is -4.57. The summed E-state index contributed by atoms with van der Waals surface area (Å²) in [5.41, 5.74) is 0.270. The Balaban J connectivity index is 2.00. The molecule has 0 unspecified atom stereocenters. The van der Waals surface area contributed by atoms with Gasteiger partial charge < -0.3 is 9.47 Å². The number of anilines is 1. The molecule has 1 aliphatic rings. The van der Waals surface area contributed by atoms with Crippen LogP contribution in [0.3, 0.4) is 0 Å². The van der Waals surface area contributed by atoms with E-state index in [0.717, 1.165) is 6.07 Å². The second kappa shape index (κ2) is 6.62. The average molecular weight is 352 g/mol. The number of nitrogens with zero attached hydrogens (tertiary/aromatic N) is 2. The number of benzene rings is 1. The number of rotatable bonds is 2. The number of hydrogen-bond donors (Lipinski definition) is 0. The minimum Gasteiger partial charge on any atom is -0.452 e. The molecule has 1 aromatic carbocycles. The molecule has 0 N–H and O–H groups in total. The molecule has 0 fully saturated rings. The van der Waals surface area contributed by atoms with Crippen molar-refractivity contribution >= 4 is 11.8 Å². The van der Waals surface area contributed by atoms with Crippen LogP contribution in [0.15, 0.2) is 36.5 Å². The summed E-state index contributed by atoms with van der Waals surface area (Å²) in [5.74, 6) is -0.270. The normalized spacial score (nSPS) is 14.0. The Hall–Kier alpha value is -2.77. The van der Waals surface area contributed by atoms with Crippen LogP contribution in [0.5, 0.6) is 11.6 Å². The highest BCUT2D eigenvalue weighted by molar-refractivity contribution is 5.89. The molecule has 3 rings (SSSR count). The lowest BCUT2D eigenvalue weighted by atomic mass is 10.0. The van der Waals surface area contributed by atoms with Crippen molar-refractivity contribution in [3.8, 4) is 11.6 Å². The molecule has 1 aromatic heterocycles. The molecule has 25 heavy (non-hydrogen) atoms. The van der Waals surface area contributed by atoms with Gasteiger partial charge in [0.05, 0.1) is 12.8 Å². The molecule has 8 heteroatoms. The van der Waals surface area contributed by atoms with Gasteiger partial charge in [-0.2, -0.15) is 13.2 Å². The maximum absolute atomic E-state index is 13.1. The van der Waals surface area contributed by atoms with E-state index in [1.165, 1.54) is 24.3 Å². The van der Waals surface area contributed by atoms with Gasteiger partial charge in [0.25, 0.3) is 0 Å². The van der Waals surface area contributed by atoms with Gasteiger partial charge in [0, 0.05) is 18.3 Å². The maximum atomic E-state index is 13.1. The molecule has 0 bridgehead atoms. The van der Waals surface area contributed by atoms with Crippen LogP contribution in [0.2, 0.25) is 0 Å². The summed E-state index contributed by atoms with van der Waals surface area (Å²) in [4.78, 5) is 17.0. The summed E-state index contributed by atoms with van der Waals surface area (Å²) in [6, 6.07) is 7.01. The van der Waals surface area contributed by atoms with E-state index in [1.54, 1.807) is 18.2 Å². The van der Waals surface area contributed by atoms with Crippen molar-refractivity contribution in [3.63, 3.8) is 0 Å². The molecular formula is C17H15F3N2O3. The lowest BCUT2D eigenvalue weighted by Crippen LogP contribution is -2.35. The predicted molar refractivity (Wildman–Crippen MR) is 83.8 cm³/mol. The molecule has 2 aromatic rings.